The van der Waals surface area contributed by atoms with E-state index in [1.807, 2.05) is 36.4 Å². The van der Waals surface area contributed by atoms with Gasteiger partial charge in [0.1, 0.15) is 5.82 Å². The zero-order chi connectivity index (χ0) is 15.5. The summed E-state index contributed by atoms with van der Waals surface area (Å²) in [5.74, 6) is 0.667. The van der Waals surface area contributed by atoms with Crippen LogP contribution in [0.1, 0.15) is 24.1 Å². The molecule has 0 amide bonds. The van der Waals surface area contributed by atoms with Gasteiger partial charge in [0, 0.05) is 23.9 Å². The summed E-state index contributed by atoms with van der Waals surface area (Å²) in [6, 6.07) is 11.7. The predicted molar refractivity (Wildman–Crippen MR) is 91.7 cm³/mol. The van der Waals surface area contributed by atoms with E-state index in [-0.39, 0.29) is 11.0 Å². The highest BCUT2D eigenvalue weighted by molar-refractivity contribution is 7.80. The molecule has 0 saturated heterocycles. The summed E-state index contributed by atoms with van der Waals surface area (Å²) < 4.78 is 0. The van der Waals surface area contributed by atoms with Gasteiger partial charge in [-0.3, -0.25) is 4.98 Å². The minimum absolute atomic E-state index is 0.0163. The smallest absolute Gasteiger partial charge is 0.169 e. The van der Waals surface area contributed by atoms with E-state index in [0.717, 1.165) is 22.3 Å². The van der Waals surface area contributed by atoms with Gasteiger partial charge < -0.3 is 11.1 Å². The van der Waals surface area contributed by atoms with Crippen molar-refractivity contribution in [2.75, 3.05) is 5.32 Å². The molecule has 1 atom stereocenters. The number of nitrogens with zero attached hydrogens (tertiary/aromatic N) is 3. The molecule has 2 heterocycles. The molecule has 5 nitrogen and oxygen atoms in total. The molecule has 3 N–H and O–H groups in total. The first-order valence-electron chi connectivity index (χ1n) is 6.88. The van der Waals surface area contributed by atoms with Crippen LogP contribution in [0, 0.1) is 0 Å². The highest BCUT2D eigenvalue weighted by atomic mass is 32.1. The maximum atomic E-state index is 5.56. The van der Waals surface area contributed by atoms with Crippen molar-refractivity contribution in [3.8, 4) is 0 Å². The number of hydrogen-bond donors (Lipinski definition) is 2. The molecule has 6 heteroatoms. The lowest BCUT2D eigenvalue weighted by Crippen LogP contribution is -2.21. The molecule has 0 aliphatic rings. The Morgan fingerprint density at radius 3 is 2.68 bits per heavy atom. The second-order valence-corrected chi connectivity index (χ2v) is 5.38. The monoisotopic (exact) mass is 309 g/mol. The van der Waals surface area contributed by atoms with Crippen molar-refractivity contribution >= 4 is 34.2 Å². The summed E-state index contributed by atoms with van der Waals surface area (Å²) in [7, 11) is 0. The van der Waals surface area contributed by atoms with Gasteiger partial charge in [0.15, 0.2) is 5.11 Å². The third-order valence-corrected chi connectivity index (χ3v) is 3.56. The Balaban J connectivity index is 2.02. The lowest BCUT2D eigenvalue weighted by molar-refractivity contribution is 0.866. The number of benzene rings is 1. The first kappa shape index (κ1) is 14.3. The van der Waals surface area contributed by atoms with Crippen LogP contribution in [0.25, 0.3) is 11.0 Å². The van der Waals surface area contributed by atoms with E-state index in [1.165, 1.54) is 0 Å². The minimum Gasteiger partial charge on any atom is -0.376 e. The molecule has 3 rings (SSSR count). The molecule has 0 aliphatic heterocycles. The number of para-hydroxylation sites is 2. The number of aromatic nitrogens is 3. The normalized spacial score (nSPS) is 12.0. The third kappa shape index (κ3) is 2.87. The Morgan fingerprint density at radius 2 is 1.91 bits per heavy atom. The van der Waals surface area contributed by atoms with Crippen LogP contribution >= 0.6 is 12.2 Å². The largest absolute Gasteiger partial charge is 0.376 e. The topological polar surface area (TPSA) is 76.7 Å². The van der Waals surface area contributed by atoms with Gasteiger partial charge in [-0.05, 0) is 30.4 Å². The van der Waals surface area contributed by atoms with Crippen LogP contribution in [0.5, 0.6) is 0 Å². The summed E-state index contributed by atoms with van der Waals surface area (Å²) in [4.78, 5) is 13.5. The Morgan fingerprint density at radius 1 is 1.14 bits per heavy atom. The average Bonchev–Trinajstić information content (AvgIpc) is 2.54. The molecule has 0 aliphatic carbocycles. The van der Waals surface area contributed by atoms with Gasteiger partial charge in [-0.1, -0.05) is 25.1 Å². The number of thiocarbonyl (C=S) groups is 1. The highest BCUT2D eigenvalue weighted by Crippen LogP contribution is 2.27. The number of nitrogens with two attached hydrogens (primary N) is 1. The average molecular weight is 309 g/mol. The Bertz CT molecular complexity index is 833. The van der Waals surface area contributed by atoms with E-state index < -0.39 is 0 Å². The lowest BCUT2D eigenvalue weighted by atomic mass is 9.98. The van der Waals surface area contributed by atoms with Crippen molar-refractivity contribution in [1.82, 2.24) is 15.0 Å². The van der Waals surface area contributed by atoms with Crippen molar-refractivity contribution < 1.29 is 0 Å². The van der Waals surface area contributed by atoms with Crippen LogP contribution in [0.2, 0.25) is 0 Å². The zero-order valence-corrected chi connectivity index (χ0v) is 12.8. The molecule has 0 spiro atoms. The van der Waals surface area contributed by atoms with E-state index in [1.54, 1.807) is 12.4 Å². The second kappa shape index (κ2) is 6.03. The van der Waals surface area contributed by atoms with Crippen LogP contribution < -0.4 is 11.1 Å². The summed E-state index contributed by atoms with van der Waals surface area (Å²) >= 11 is 4.90. The fourth-order valence-electron chi connectivity index (χ4n) is 2.33. The number of fused-ring (bicyclic) bond motifs is 1. The van der Waals surface area contributed by atoms with Gasteiger partial charge >= 0.3 is 0 Å². The van der Waals surface area contributed by atoms with Crippen LogP contribution in [-0.2, 0) is 0 Å². The molecule has 1 unspecified atom stereocenters. The minimum atomic E-state index is 0.0163. The fourth-order valence-corrected chi connectivity index (χ4v) is 2.42. The molecule has 1 aromatic carbocycles. The standard InChI is InChI=1S/C16H15N5S/c1-10(11-5-4-8-18-15(11)21-16(17)22)14-9-19-12-6-2-3-7-13(12)20-14/h2-10H,1H3,(H3,17,18,21,22). The predicted octanol–water partition coefficient (Wildman–Crippen LogP) is 2.83. The van der Waals surface area contributed by atoms with Gasteiger partial charge in [-0.15, -0.1) is 0 Å². The first-order chi connectivity index (χ1) is 10.6. The van der Waals surface area contributed by atoms with Crippen LogP contribution in [0.4, 0.5) is 5.82 Å². The van der Waals surface area contributed by atoms with Crippen LogP contribution in [0.15, 0.2) is 48.8 Å². The summed E-state index contributed by atoms with van der Waals surface area (Å²) in [5, 5.41) is 3.10. The Hall–Kier alpha value is -2.60. The molecule has 0 radical (unpaired) electrons. The summed E-state index contributed by atoms with van der Waals surface area (Å²) in [6.07, 6.45) is 3.49. The van der Waals surface area contributed by atoms with Gasteiger partial charge in [0.05, 0.1) is 16.7 Å². The number of anilines is 1. The SMILES string of the molecule is CC(c1cnc2ccccc2n1)c1cccnc1NC(N)=S. The van der Waals surface area contributed by atoms with Crippen molar-refractivity contribution in [3.63, 3.8) is 0 Å². The van der Waals surface area contributed by atoms with Crippen molar-refractivity contribution in [3.05, 3.63) is 60.0 Å². The fraction of sp³-hybridized carbons (Fsp3) is 0.125. The van der Waals surface area contributed by atoms with E-state index in [2.05, 4.69) is 27.2 Å². The zero-order valence-electron chi connectivity index (χ0n) is 12.0. The molecule has 0 saturated carbocycles. The number of hydrogen-bond acceptors (Lipinski definition) is 4. The summed E-state index contributed by atoms with van der Waals surface area (Å²) in [6.45, 7) is 2.06. The molecular formula is C16H15N5S. The molecule has 22 heavy (non-hydrogen) atoms. The molecule has 0 fully saturated rings. The maximum absolute atomic E-state index is 5.56. The lowest BCUT2D eigenvalue weighted by Gasteiger charge is -2.15. The van der Waals surface area contributed by atoms with E-state index in [0.29, 0.717) is 5.82 Å². The van der Waals surface area contributed by atoms with Gasteiger partial charge in [0.25, 0.3) is 0 Å². The molecular weight excluding hydrogens is 294 g/mol. The maximum Gasteiger partial charge on any atom is 0.169 e. The van der Waals surface area contributed by atoms with Gasteiger partial charge in [-0.25, -0.2) is 9.97 Å². The van der Waals surface area contributed by atoms with E-state index >= 15 is 0 Å². The van der Waals surface area contributed by atoms with E-state index in [4.69, 9.17) is 18.0 Å². The van der Waals surface area contributed by atoms with Crippen molar-refractivity contribution in [2.24, 2.45) is 5.73 Å². The molecule has 3 aromatic rings. The van der Waals surface area contributed by atoms with Crippen molar-refractivity contribution in [2.45, 2.75) is 12.8 Å². The second-order valence-electron chi connectivity index (χ2n) is 4.94. The first-order valence-corrected chi connectivity index (χ1v) is 7.29. The number of pyridine rings is 1. The molecule has 2 aromatic heterocycles. The highest BCUT2D eigenvalue weighted by Gasteiger charge is 2.16. The Kier molecular flexibility index (Phi) is 3.93. The van der Waals surface area contributed by atoms with E-state index in [9.17, 15) is 0 Å². The van der Waals surface area contributed by atoms with Crippen molar-refractivity contribution in [1.29, 1.82) is 0 Å². The van der Waals surface area contributed by atoms with Gasteiger partial charge in [-0.2, -0.15) is 0 Å². The quantitative estimate of drug-likeness (QED) is 0.725. The number of nitrogens with one attached hydrogen (secondary N) is 1. The van der Waals surface area contributed by atoms with Gasteiger partial charge in [0.2, 0.25) is 0 Å². The third-order valence-electron chi connectivity index (χ3n) is 3.46. The molecule has 0 bridgehead atoms. The summed E-state index contributed by atoms with van der Waals surface area (Å²) in [5.41, 5.74) is 9.16. The Labute approximate surface area is 133 Å². The molecule has 110 valence electrons. The number of rotatable bonds is 3. The van der Waals surface area contributed by atoms with Crippen LogP contribution in [-0.4, -0.2) is 20.1 Å². The van der Waals surface area contributed by atoms with Crippen LogP contribution in [0.3, 0.4) is 0 Å².